The second kappa shape index (κ2) is 11.8. The minimum Gasteiger partial charge on any atom is -0.380 e. The molecule has 0 atom stereocenters. The van der Waals surface area contributed by atoms with Gasteiger partial charge in [-0.25, -0.2) is 0 Å². The average Bonchev–Trinajstić information content (AvgIpc) is 2.68. The third-order valence-corrected chi connectivity index (χ3v) is 3.59. The molecule has 0 saturated carbocycles. The molecule has 1 aliphatic rings. The summed E-state index contributed by atoms with van der Waals surface area (Å²) in [5, 5.41) is 6.57. The monoisotopic (exact) mass is 299 g/mol. The van der Waals surface area contributed by atoms with Gasteiger partial charge in [-0.2, -0.15) is 0 Å². The zero-order chi connectivity index (χ0) is 15.3. The molecule has 0 radical (unpaired) electrons. The maximum atomic E-state index is 5.33. The lowest BCUT2D eigenvalue weighted by Crippen LogP contribution is -2.39. The molecule has 124 valence electrons. The standard InChI is InChI=1S/C15H33N5O/c1-4-16-15(18-8-14-21-5-2)17-7-11-20-10-6-9-19(3)12-13-20/h4-14H2,1-3H3,(H2,16,17,18). The van der Waals surface area contributed by atoms with Gasteiger partial charge in [-0.15, -0.1) is 0 Å². The molecule has 0 amide bonds. The van der Waals surface area contributed by atoms with Crippen molar-refractivity contribution in [3.05, 3.63) is 0 Å². The van der Waals surface area contributed by atoms with E-state index in [0.29, 0.717) is 0 Å². The number of rotatable bonds is 8. The molecule has 1 rings (SSSR count). The Morgan fingerprint density at radius 3 is 2.76 bits per heavy atom. The molecule has 1 aliphatic heterocycles. The Morgan fingerprint density at radius 2 is 2.00 bits per heavy atom. The maximum Gasteiger partial charge on any atom is 0.191 e. The summed E-state index contributed by atoms with van der Waals surface area (Å²) in [6, 6.07) is 0. The van der Waals surface area contributed by atoms with Crippen molar-refractivity contribution in [2.24, 2.45) is 4.99 Å². The predicted octanol–water partition coefficient (Wildman–Crippen LogP) is 0.216. The van der Waals surface area contributed by atoms with Gasteiger partial charge in [0.2, 0.25) is 0 Å². The summed E-state index contributed by atoms with van der Waals surface area (Å²) < 4.78 is 5.33. The SMILES string of the molecule is CCNC(=NCCN1CCCN(C)CC1)NCCOCC. The van der Waals surface area contributed by atoms with Gasteiger partial charge in [0.05, 0.1) is 13.2 Å². The second-order valence-electron chi connectivity index (χ2n) is 5.38. The molecule has 6 nitrogen and oxygen atoms in total. The molecule has 1 heterocycles. The van der Waals surface area contributed by atoms with Crippen LogP contribution in [0.2, 0.25) is 0 Å². The Balaban J connectivity index is 2.25. The van der Waals surface area contributed by atoms with E-state index < -0.39 is 0 Å². The quantitative estimate of drug-likeness (QED) is 0.381. The largest absolute Gasteiger partial charge is 0.380 e. The second-order valence-corrected chi connectivity index (χ2v) is 5.38. The van der Waals surface area contributed by atoms with E-state index in [0.717, 1.165) is 58.4 Å². The van der Waals surface area contributed by atoms with Gasteiger partial charge in [0.1, 0.15) is 0 Å². The summed E-state index contributed by atoms with van der Waals surface area (Å²) in [4.78, 5) is 9.55. The number of nitrogens with zero attached hydrogens (tertiary/aromatic N) is 3. The first kappa shape index (κ1) is 18.2. The van der Waals surface area contributed by atoms with E-state index >= 15 is 0 Å². The van der Waals surface area contributed by atoms with E-state index in [9.17, 15) is 0 Å². The lowest BCUT2D eigenvalue weighted by Gasteiger charge is -2.19. The molecule has 1 saturated heterocycles. The highest BCUT2D eigenvalue weighted by Crippen LogP contribution is 2.00. The highest BCUT2D eigenvalue weighted by atomic mass is 16.5. The fourth-order valence-electron chi connectivity index (χ4n) is 2.35. The van der Waals surface area contributed by atoms with Gasteiger partial charge < -0.3 is 25.2 Å². The Labute approximate surface area is 129 Å². The van der Waals surface area contributed by atoms with E-state index in [1.807, 2.05) is 6.92 Å². The van der Waals surface area contributed by atoms with Crippen molar-refractivity contribution in [1.82, 2.24) is 20.4 Å². The molecular weight excluding hydrogens is 266 g/mol. The number of hydrogen-bond acceptors (Lipinski definition) is 4. The van der Waals surface area contributed by atoms with Crippen LogP contribution < -0.4 is 10.6 Å². The van der Waals surface area contributed by atoms with Crippen molar-refractivity contribution in [2.75, 3.05) is 72.6 Å². The molecule has 0 aromatic rings. The van der Waals surface area contributed by atoms with E-state index in [4.69, 9.17) is 4.74 Å². The van der Waals surface area contributed by atoms with Crippen LogP contribution in [0.25, 0.3) is 0 Å². The summed E-state index contributed by atoms with van der Waals surface area (Å²) >= 11 is 0. The Hall–Kier alpha value is -0.850. The molecule has 21 heavy (non-hydrogen) atoms. The number of hydrogen-bond donors (Lipinski definition) is 2. The van der Waals surface area contributed by atoms with Crippen molar-refractivity contribution in [3.8, 4) is 0 Å². The molecule has 2 N–H and O–H groups in total. The minimum atomic E-state index is 0.722. The third-order valence-electron chi connectivity index (χ3n) is 3.59. The maximum absolute atomic E-state index is 5.33. The molecule has 0 bridgehead atoms. The first-order chi connectivity index (χ1) is 10.3. The van der Waals surface area contributed by atoms with Crippen molar-refractivity contribution in [1.29, 1.82) is 0 Å². The van der Waals surface area contributed by atoms with Crippen molar-refractivity contribution in [2.45, 2.75) is 20.3 Å². The van der Waals surface area contributed by atoms with Crippen molar-refractivity contribution < 1.29 is 4.74 Å². The summed E-state index contributed by atoms with van der Waals surface area (Å²) in [6.45, 7) is 13.9. The van der Waals surface area contributed by atoms with Crippen LogP contribution in [0.15, 0.2) is 4.99 Å². The van der Waals surface area contributed by atoms with Gasteiger partial charge >= 0.3 is 0 Å². The van der Waals surface area contributed by atoms with E-state index in [1.54, 1.807) is 0 Å². The number of ether oxygens (including phenoxy) is 1. The van der Waals surface area contributed by atoms with Crippen LogP contribution in [0.3, 0.4) is 0 Å². The van der Waals surface area contributed by atoms with Crippen LogP contribution in [0.1, 0.15) is 20.3 Å². The Bertz CT molecular complexity index is 285. The van der Waals surface area contributed by atoms with Gasteiger partial charge in [-0.3, -0.25) is 4.99 Å². The van der Waals surface area contributed by atoms with Crippen LogP contribution in [0.4, 0.5) is 0 Å². The number of nitrogens with one attached hydrogen (secondary N) is 2. The van der Waals surface area contributed by atoms with Crippen molar-refractivity contribution in [3.63, 3.8) is 0 Å². The highest BCUT2D eigenvalue weighted by molar-refractivity contribution is 5.79. The third kappa shape index (κ3) is 8.90. The van der Waals surface area contributed by atoms with Crippen molar-refractivity contribution >= 4 is 5.96 Å². The van der Waals surface area contributed by atoms with E-state index in [2.05, 4.69) is 39.4 Å². The van der Waals surface area contributed by atoms with Gasteiger partial charge in [0.15, 0.2) is 5.96 Å². The fourth-order valence-corrected chi connectivity index (χ4v) is 2.35. The van der Waals surface area contributed by atoms with Gasteiger partial charge in [-0.1, -0.05) is 0 Å². The van der Waals surface area contributed by atoms with Crippen LogP contribution >= 0.6 is 0 Å². The smallest absolute Gasteiger partial charge is 0.191 e. The van der Waals surface area contributed by atoms with Crippen LogP contribution in [-0.2, 0) is 4.74 Å². The topological polar surface area (TPSA) is 52.1 Å². The summed E-state index contributed by atoms with van der Waals surface area (Å²) in [7, 11) is 2.20. The summed E-state index contributed by atoms with van der Waals surface area (Å²) in [5.74, 6) is 0.893. The first-order valence-electron chi connectivity index (χ1n) is 8.27. The van der Waals surface area contributed by atoms with Crippen LogP contribution in [0, 0.1) is 0 Å². The Kier molecular flexibility index (Phi) is 10.2. The molecule has 0 unspecified atom stereocenters. The lowest BCUT2D eigenvalue weighted by atomic mass is 10.4. The first-order valence-corrected chi connectivity index (χ1v) is 8.27. The van der Waals surface area contributed by atoms with Gasteiger partial charge in [0, 0.05) is 39.3 Å². The Morgan fingerprint density at radius 1 is 1.14 bits per heavy atom. The predicted molar refractivity (Wildman–Crippen MR) is 89.0 cm³/mol. The van der Waals surface area contributed by atoms with Crippen LogP contribution in [0.5, 0.6) is 0 Å². The summed E-state index contributed by atoms with van der Waals surface area (Å²) in [5.41, 5.74) is 0. The zero-order valence-corrected chi connectivity index (χ0v) is 14.0. The van der Waals surface area contributed by atoms with Crippen LogP contribution in [-0.4, -0.2) is 88.4 Å². The molecule has 0 aromatic carbocycles. The average molecular weight is 299 g/mol. The zero-order valence-electron chi connectivity index (χ0n) is 14.0. The highest BCUT2D eigenvalue weighted by Gasteiger charge is 2.11. The molecule has 0 spiro atoms. The molecular formula is C15H33N5O. The molecule has 6 heteroatoms. The normalized spacial score (nSPS) is 18.5. The fraction of sp³-hybridized carbons (Fsp3) is 0.933. The van der Waals surface area contributed by atoms with E-state index in [-0.39, 0.29) is 0 Å². The molecule has 1 fully saturated rings. The van der Waals surface area contributed by atoms with E-state index in [1.165, 1.54) is 19.5 Å². The van der Waals surface area contributed by atoms with Gasteiger partial charge in [0.25, 0.3) is 0 Å². The van der Waals surface area contributed by atoms with Gasteiger partial charge in [-0.05, 0) is 40.4 Å². The molecule has 0 aliphatic carbocycles. The minimum absolute atomic E-state index is 0.722. The summed E-state index contributed by atoms with van der Waals surface area (Å²) in [6.07, 6.45) is 1.26. The number of guanidine groups is 1. The lowest BCUT2D eigenvalue weighted by molar-refractivity contribution is 0.152. The number of aliphatic imine (C=N–C) groups is 1. The molecule has 0 aromatic heterocycles. The number of likely N-dealkylation sites (N-methyl/N-ethyl adjacent to an activating group) is 1.